The number of sulfone groups is 1. The van der Waals surface area contributed by atoms with Crippen molar-refractivity contribution in [1.82, 2.24) is 4.90 Å². The third-order valence-electron chi connectivity index (χ3n) is 5.62. The van der Waals surface area contributed by atoms with Gasteiger partial charge in [-0.2, -0.15) is 0 Å². The minimum atomic E-state index is -3.04. The van der Waals surface area contributed by atoms with Crippen molar-refractivity contribution in [1.29, 1.82) is 0 Å². The maximum absolute atomic E-state index is 12.2. The molecular formula is C15H30N2O2S. The van der Waals surface area contributed by atoms with E-state index in [0.29, 0.717) is 12.6 Å². The topological polar surface area (TPSA) is 63.4 Å². The van der Waals surface area contributed by atoms with E-state index < -0.39 is 9.84 Å². The maximum atomic E-state index is 12.2. The Hall–Kier alpha value is -0.130. The number of hydrogen-bond acceptors (Lipinski definition) is 4. The summed E-state index contributed by atoms with van der Waals surface area (Å²) in [5.74, 6) is 0. The molecule has 0 spiro atoms. The Morgan fingerprint density at radius 2 is 1.70 bits per heavy atom. The van der Waals surface area contributed by atoms with Gasteiger partial charge < -0.3 is 5.73 Å². The number of hydrogen-bond donors (Lipinski definition) is 1. The molecule has 0 saturated heterocycles. The lowest BCUT2D eigenvalue weighted by molar-refractivity contribution is 0.0755. The van der Waals surface area contributed by atoms with Crippen molar-refractivity contribution in [3.8, 4) is 0 Å². The zero-order chi connectivity index (χ0) is 14.8. The van der Waals surface area contributed by atoms with E-state index in [9.17, 15) is 8.42 Å². The van der Waals surface area contributed by atoms with E-state index in [0.717, 1.165) is 19.3 Å². The van der Waals surface area contributed by atoms with Gasteiger partial charge in [0.05, 0.1) is 5.25 Å². The number of likely N-dealkylation sites (N-methyl/N-ethyl adjacent to an activating group) is 1. The van der Waals surface area contributed by atoms with Gasteiger partial charge in [0.25, 0.3) is 0 Å². The van der Waals surface area contributed by atoms with E-state index in [1.54, 1.807) is 0 Å². The highest BCUT2D eigenvalue weighted by Crippen LogP contribution is 2.40. The minimum Gasteiger partial charge on any atom is -0.329 e. The van der Waals surface area contributed by atoms with Crippen LogP contribution in [-0.4, -0.2) is 50.0 Å². The number of nitrogens with two attached hydrogens (primary N) is 1. The second-order valence-corrected chi connectivity index (χ2v) is 9.00. The second kappa shape index (κ2) is 6.32. The van der Waals surface area contributed by atoms with Crippen LogP contribution in [0.25, 0.3) is 0 Å². The van der Waals surface area contributed by atoms with Crippen molar-refractivity contribution in [2.75, 3.05) is 19.8 Å². The Bertz CT molecular complexity index is 416. The largest absolute Gasteiger partial charge is 0.329 e. The summed E-state index contributed by atoms with van der Waals surface area (Å²) in [6.45, 7) is 0.456. The molecule has 5 heteroatoms. The van der Waals surface area contributed by atoms with Crippen LogP contribution >= 0.6 is 0 Å². The van der Waals surface area contributed by atoms with Crippen LogP contribution in [0.5, 0.6) is 0 Å². The molecule has 2 saturated carbocycles. The first-order chi connectivity index (χ1) is 9.42. The molecule has 0 aromatic rings. The first-order valence-corrected chi connectivity index (χ1v) is 9.99. The van der Waals surface area contributed by atoms with Crippen molar-refractivity contribution in [2.24, 2.45) is 5.73 Å². The Morgan fingerprint density at radius 1 is 1.10 bits per heavy atom. The van der Waals surface area contributed by atoms with Crippen LogP contribution in [0.1, 0.15) is 57.8 Å². The van der Waals surface area contributed by atoms with Gasteiger partial charge in [0.2, 0.25) is 0 Å². The van der Waals surface area contributed by atoms with Gasteiger partial charge in [0.15, 0.2) is 9.84 Å². The molecule has 2 N–H and O–H groups in total. The lowest BCUT2D eigenvalue weighted by Gasteiger charge is -2.46. The zero-order valence-electron chi connectivity index (χ0n) is 13.0. The Balaban J connectivity index is 2.24. The molecule has 2 unspecified atom stereocenters. The van der Waals surface area contributed by atoms with E-state index >= 15 is 0 Å². The molecule has 0 bridgehead atoms. The summed E-state index contributed by atoms with van der Waals surface area (Å²) in [7, 11) is -0.919. The van der Waals surface area contributed by atoms with E-state index in [1.165, 1.54) is 44.8 Å². The molecule has 2 fully saturated rings. The molecule has 4 nitrogen and oxygen atoms in total. The van der Waals surface area contributed by atoms with Gasteiger partial charge in [-0.05, 0) is 32.7 Å². The maximum Gasteiger partial charge on any atom is 0.152 e. The van der Waals surface area contributed by atoms with Crippen LogP contribution in [0.15, 0.2) is 0 Å². The van der Waals surface area contributed by atoms with Crippen LogP contribution in [-0.2, 0) is 9.84 Å². The normalized spacial score (nSPS) is 33.5. The highest BCUT2D eigenvalue weighted by molar-refractivity contribution is 7.91. The summed E-state index contributed by atoms with van der Waals surface area (Å²) in [4.78, 5) is 2.36. The predicted molar refractivity (Wildman–Crippen MR) is 83.5 cm³/mol. The van der Waals surface area contributed by atoms with E-state index in [2.05, 4.69) is 11.9 Å². The van der Waals surface area contributed by atoms with Crippen LogP contribution in [0.4, 0.5) is 0 Å². The van der Waals surface area contributed by atoms with Crippen LogP contribution < -0.4 is 5.73 Å². The number of nitrogens with zero attached hydrogens (tertiary/aromatic N) is 1. The fraction of sp³-hybridized carbons (Fsp3) is 1.00. The fourth-order valence-corrected chi connectivity index (χ4v) is 6.20. The van der Waals surface area contributed by atoms with E-state index in [1.807, 2.05) is 0 Å². The lowest BCUT2D eigenvalue weighted by Crippen LogP contribution is -2.61. The average molecular weight is 302 g/mol. The summed E-state index contributed by atoms with van der Waals surface area (Å²) >= 11 is 0. The molecule has 20 heavy (non-hydrogen) atoms. The van der Waals surface area contributed by atoms with Gasteiger partial charge in [-0.15, -0.1) is 0 Å². The Kier molecular flexibility index (Phi) is 5.14. The lowest BCUT2D eigenvalue weighted by atomic mass is 9.91. The molecule has 0 aromatic carbocycles. The van der Waals surface area contributed by atoms with Crippen molar-refractivity contribution < 1.29 is 8.42 Å². The van der Waals surface area contributed by atoms with E-state index in [4.69, 9.17) is 5.73 Å². The molecule has 0 aliphatic heterocycles. The smallest absolute Gasteiger partial charge is 0.152 e. The quantitative estimate of drug-likeness (QED) is 0.806. The number of rotatable bonds is 4. The average Bonchev–Trinajstić information content (AvgIpc) is 2.67. The van der Waals surface area contributed by atoms with Gasteiger partial charge in [0.1, 0.15) is 0 Å². The highest BCUT2D eigenvalue weighted by atomic mass is 32.2. The molecule has 0 amide bonds. The van der Waals surface area contributed by atoms with Gasteiger partial charge in [-0.1, -0.05) is 32.1 Å². The van der Waals surface area contributed by atoms with Crippen LogP contribution in [0.3, 0.4) is 0 Å². The molecular weight excluding hydrogens is 272 g/mol. The van der Waals surface area contributed by atoms with Gasteiger partial charge in [-0.25, -0.2) is 8.42 Å². The van der Waals surface area contributed by atoms with Crippen LogP contribution in [0.2, 0.25) is 0 Å². The molecule has 118 valence electrons. The molecule has 2 rings (SSSR count). The molecule has 0 radical (unpaired) electrons. The second-order valence-electron chi connectivity index (χ2n) is 6.77. The molecule has 2 atom stereocenters. The minimum absolute atomic E-state index is 0.284. The Morgan fingerprint density at radius 3 is 2.20 bits per heavy atom. The summed E-state index contributed by atoms with van der Waals surface area (Å²) < 4.78 is 24.4. The van der Waals surface area contributed by atoms with Crippen LogP contribution in [0, 0.1) is 0 Å². The molecule has 0 aromatic heterocycles. The van der Waals surface area contributed by atoms with Gasteiger partial charge in [-0.3, -0.25) is 4.90 Å². The van der Waals surface area contributed by atoms with Gasteiger partial charge >= 0.3 is 0 Å². The third-order valence-corrected chi connectivity index (χ3v) is 7.33. The third kappa shape index (κ3) is 3.04. The molecule has 0 heterocycles. The zero-order valence-corrected chi connectivity index (χ0v) is 13.8. The predicted octanol–water partition coefficient (Wildman–Crippen LogP) is 1.94. The van der Waals surface area contributed by atoms with Gasteiger partial charge in [0, 0.05) is 24.4 Å². The molecule has 2 aliphatic rings. The van der Waals surface area contributed by atoms with Crippen molar-refractivity contribution >= 4 is 9.84 Å². The highest BCUT2D eigenvalue weighted by Gasteiger charge is 2.51. The first kappa shape index (κ1) is 16.2. The molecule has 2 aliphatic carbocycles. The summed E-state index contributed by atoms with van der Waals surface area (Å²) in [5.41, 5.74) is 5.77. The summed E-state index contributed by atoms with van der Waals surface area (Å²) in [6.07, 6.45) is 11.6. The van der Waals surface area contributed by atoms with E-state index in [-0.39, 0.29) is 10.8 Å². The summed E-state index contributed by atoms with van der Waals surface area (Å²) in [6, 6.07) is 0.503. The Labute approximate surface area is 124 Å². The standard InChI is InChI=1S/C15H30N2O2S/c1-17(13-8-5-3-4-6-9-13)15(12-16)11-7-10-14(15)20(2,18)19/h13-14H,3-12,16H2,1-2H3. The monoisotopic (exact) mass is 302 g/mol. The first-order valence-electron chi connectivity index (χ1n) is 8.04. The SMILES string of the molecule is CN(C1CCCCCC1)C1(CN)CCCC1S(C)(=O)=O. The van der Waals surface area contributed by atoms with Crippen molar-refractivity contribution in [3.05, 3.63) is 0 Å². The fourth-order valence-electron chi connectivity index (χ4n) is 4.43. The summed E-state index contributed by atoms with van der Waals surface area (Å²) in [5, 5.41) is -0.284. The van der Waals surface area contributed by atoms with Crippen molar-refractivity contribution in [3.63, 3.8) is 0 Å². The van der Waals surface area contributed by atoms with Crippen molar-refractivity contribution in [2.45, 2.75) is 74.6 Å².